The van der Waals surface area contributed by atoms with Gasteiger partial charge in [0.1, 0.15) is 11.4 Å². The number of nitro groups is 1. The Bertz CT molecular complexity index is 1510. The lowest BCUT2D eigenvalue weighted by atomic mass is 10.1. The highest BCUT2D eigenvalue weighted by molar-refractivity contribution is 7.17. The summed E-state index contributed by atoms with van der Waals surface area (Å²) in [5.41, 5.74) is 1.15. The Labute approximate surface area is 203 Å². The molecule has 0 saturated carbocycles. The lowest BCUT2D eigenvalue weighted by Crippen LogP contribution is -2.27. The van der Waals surface area contributed by atoms with Crippen LogP contribution in [-0.4, -0.2) is 32.5 Å². The molecule has 35 heavy (non-hydrogen) atoms. The first-order chi connectivity index (χ1) is 16.7. The van der Waals surface area contributed by atoms with Gasteiger partial charge in [0.05, 0.1) is 28.3 Å². The van der Waals surface area contributed by atoms with E-state index in [0.29, 0.717) is 21.6 Å². The molecule has 0 radical (unpaired) electrons. The molecule has 10 nitrogen and oxygen atoms in total. The maximum Gasteiger partial charge on any atom is 0.338 e. The lowest BCUT2D eigenvalue weighted by Gasteiger charge is -2.10. The molecular formula is C24H20N4O6S. The number of ether oxygens (including phenoxy) is 1. The van der Waals surface area contributed by atoms with E-state index >= 15 is 0 Å². The molecule has 0 bridgehead atoms. The zero-order valence-corrected chi connectivity index (χ0v) is 19.6. The summed E-state index contributed by atoms with van der Waals surface area (Å²) < 4.78 is 6.34. The van der Waals surface area contributed by atoms with Crippen LogP contribution in [0, 0.1) is 10.1 Å². The highest BCUT2D eigenvalue weighted by atomic mass is 32.1. The van der Waals surface area contributed by atoms with Crippen LogP contribution in [0.5, 0.6) is 0 Å². The molecule has 0 aliphatic rings. The van der Waals surface area contributed by atoms with Gasteiger partial charge < -0.3 is 10.1 Å². The molecule has 2 aromatic carbocycles. The van der Waals surface area contributed by atoms with Crippen LogP contribution in [0.3, 0.4) is 0 Å². The van der Waals surface area contributed by atoms with Gasteiger partial charge in [-0.05, 0) is 37.6 Å². The Balaban J connectivity index is 1.58. The molecular weight excluding hydrogens is 472 g/mol. The molecule has 1 N–H and O–H groups in total. The van der Waals surface area contributed by atoms with Crippen molar-refractivity contribution in [1.29, 1.82) is 0 Å². The van der Waals surface area contributed by atoms with Crippen molar-refractivity contribution in [1.82, 2.24) is 9.55 Å². The summed E-state index contributed by atoms with van der Waals surface area (Å²) in [6, 6.07) is 12.3. The molecule has 0 unspecified atom stereocenters. The standard InChI is InChI=1S/C24H20N4O6S/c1-14(2)34-24(31)16-6-3-7-17(9-16)26-20(29)11-27-13-25-22-21(23(27)30)19(12-35-22)15-5-4-8-18(10-15)28(32)33/h3-10,12-14H,11H2,1-2H3,(H,26,29). The topological polar surface area (TPSA) is 133 Å². The number of amides is 1. The fraction of sp³-hybridized carbons (Fsp3) is 0.167. The largest absolute Gasteiger partial charge is 0.459 e. The second-order valence-electron chi connectivity index (χ2n) is 7.90. The van der Waals surface area contributed by atoms with Crippen LogP contribution in [-0.2, 0) is 16.1 Å². The number of carbonyl (C=O) groups excluding carboxylic acids is 2. The number of carbonyl (C=O) groups is 2. The predicted molar refractivity (Wildman–Crippen MR) is 132 cm³/mol. The Morgan fingerprint density at radius 2 is 1.97 bits per heavy atom. The summed E-state index contributed by atoms with van der Waals surface area (Å²) in [6.45, 7) is 3.17. The Morgan fingerprint density at radius 1 is 1.20 bits per heavy atom. The summed E-state index contributed by atoms with van der Waals surface area (Å²) in [5, 5.41) is 15.8. The third kappa shape index (κ3) is 5.25. The maximum absolute atomic E-state index is 13.2. The fourth-order valence-electron chi connectivity index (χ4n) is 3.44. The van der Waals surface area contributed by atoms with Crippen LogP contribution >= 0.6 is 11.3 Å². The zero-order valence-electron chi connectivity index (χ0n) is 18.8. The van der Waals surface area contributed by atoms with Crippen LogP contribution in [0.15, 0.2) is 65.0 Å². The molecule has 0 spiro atoms. The highest BCUT2D eigenvalue weighted by Crippen LogP contribution is 2.32. The summed E-state index contributed by atoms with van der Waals surface area (Å²) in [4.78, 5) is 53.3. The molecule has 0 fully saturated rings. The SMILES string of the molecule is CC(C)OC(=O)c1cccc(NC(=O)Cn2cnc3scc(-c4cccc([N+](=O)[O-])c4)c3c2=O)c1. The number of rotatable bonds is 7. The van der Waals surface area contributed by atoms with Crippen LogP contribution in [0.2, 0.25) is 0 Å². The molecule has 0 aliphatic carbocycles. The van der Waals surface area contributed by atoms with E-state index in [1.807, 2.05) is 0 Å². The van der Waals surface area contributed by atoms with E-state index in [2.05, 4.69) is 10.3 Å². The van der Waals surface area contributed by atoms with Crippen molar-refractivity contribution < 1.29 is 19.2 Å². The van der Waals surface area contributed by atoms with E-state index in [4.69, 9.17) is 4.74 Å². The first-order valence-electron chi connectivity index (χ1n) is 10.6. The molecule has 11 heteroatoms. The first kappa shape index (κ1) is 23.8. The minimum absolute atomic E-state index is 0.0926. The van der Waals surface area contributed by atoms with E-state index in [0.717, 1.165) is 0 Å². The third-order valence-corrected chi connectivity index (χ3v) is 5.85. The Morgan fingerprint density at radius 3 is 2.71 bits per heavy atom. The number of non-ortho nitro benzene ring substituents is 1. The number of benzene rings is 2. The predicted octanol–water partition coefficient (Wildman–Crippen LogP) is 4.24. The minimum Gasteiger partial charge on any atom is -0.459 e. The molecule has 2 aromatic heterocycles. The summed E-state index contributed by atoms with van der Waals surface area (Å²) in [5.74, 6) is -0.997. The maximum atomic E-state index is 13.2. The van der Waals surface area contributed by atoms with E-state index in [1.54, 1.807) is 49.6 Å². The second kappa shape index (κ2) is 9.85. The van der Waals surface area contributed by atoms with Crippen molar-refractivity contribution in [2.24, 2.45) is 0 Å². The lowest BCUT2D eigenvalue weighted by molar-refractivity contribution is -0.384. The number of esters is 1. The van der Waals surface area contributed by atoms with Crippen molar-refractivity contribution in [3.8, 4) is 11.1 Å². The van der Waals surface area contributed by atoms with Gasteiger partial charge in [-0.3, -0.25) is 24.3 Å². The summed E-state index contributed by atoms with van der Waals surface area (Å²) >= 11 is 1.24. The van der Waals surface area contributed by atoms with Crippen LogP contribution in [0.4, 0.5) is 11.4 Å². The zero-order chi connectivity index (χ0) is 25.1. The van der Waals surface area contributed by atoms with E-state index in [-0.39, 0.29) is 29.3 Å². The van der Waals surface area contributed by atoms with Crippen molar-refractivity contribution in [3.05, 3.63) is 86.3 Å². The Kier molecular flexibility index (Phi) is 6.69. The van der Waals surface area contributed by atoms with E-state index in [9.17, 15) is 24.5 Å². The molecule has 0 atom stereocenters. The molecule has 4 aromatic rings. The van der Waals surface area contributed by atoms with Crippen molar-refractivity contribution >= 4 is 44.8 Å². The number of nitrogens with one attached hydrogen (secondary N) is 1. The quantitative estimate of drug-likeness (QED) is 0.232. The summed E-state index contributed by atoms with van der Waals surface area (Å²) in [7, 11) is 0. The van der Waals surface area contributed by atoms with E-state index < -0.39 is 22.4 Å². The van der Waals surface area contributed by atoms with Gasteiger partial charge in [-0.1, -0.05) is 18.2 Å². The average molecular weight is 493 g/mol. The number of fused-ring (bicyclic) bond motifs is 1. The van der Waals surface area contributed by atoms with Gasteiger partial charge in [0.25, 0.3) is 11.2 Å². The Hall–Kier alpha value is -4.38. The summed E-state index contributed by atoms with van der Waals surface area (Å²) in [6.07, 6.45) is 1.01. The van der Waals surface area contributed by atoms with E-state index in [1.165, 1.54) is 40.4 Å². The van der Waals surface area contributed by atoms with Crippen LogP contribution in [0.25, 0.3) is 21.3 Å². The van der Waals surface area contributed by atoms with Gasteiger partial charge in [-0.15, -0.1) is 11.3 Å². The smallest absolute Gasteiger partial charge is 0.338 e. The number of anilines is 1. The molecule has 178 valence electrons. The van der Waals surface area contributed by atoms with Gasteiger partial charge in [-0.25, -0.2) is 9.78 Å². The monoisotopic (exact) mass is 492 g/mol. The van der Waals surface area contributed by atoms with Crippen molar-refractivity contribution in [3.63, 3.8) is 0 Å². The number of nitro benzene ring substituents is 1. The molecule has 0 aliphatic heterocycles. The third-order valence-electron chi connectivity index (χ3n) is 4.97. The average Bonchev–Trinajstić information content (AvgIpc) is 3.26. The van der Waals surface area contributed by atoms with Gasteiger partial charge in [-0.2, -0.15) is 0 Å². The number of hydrogen-bond acceptors (Lipinski definition) is 8. The molecule has 1 amide bonds. The van der Waals surface area contributed by atoms with Gasteiger partial charge in [0, 0.05) is 28.8 Å². The number of aromatic nitrogens is 2. The minimum atomic E-state index is -0.506. The normalized spacial score (nSPS) is 10.9. The molecule has 4 rings (SSSR count). The van der Waals surface area contributed by atoms with Gasteiger partial charge in [0.15, 0.2) is 0 Å². The first-order valence-corrected chi connectivity index (χ1v) is 11.4. The van der Waals surface area contributed by atoms with Crippen molar-refractivity contribution in [2.45, 2.75) is 26.5 Å². The van der Waals surface area contributed by atoms with Crippen LogP contribution < -0.4 is 10.9 Å². The molecule has 2 heterocycles. The number of thiophene rings is 1. The second-order valence-corrected chi connectivity index (χ2v) is 8.76. The fourth-order valence-corrected chi connectivity index (χ4v) is 4.35. The van der Waals surface area contributed by atoms with Gasteiger partial charge in [0.2, 0.25) is 5.91 Å². The number of nitrogens with zero attached hydrogens (tertiary/aromatic N) is 3. The van der Waals surface area contributed by atoms with Crippen LogP contribution in [0.1, 0.15) is 24.2 Å². The van der Waals surface area contributed by atoms with Gasteiger partial charge >= 0.3 is 5.97 Å². The highest BCUT2D eigenvalue weighted by Gasteiger charge is 2.17. The number of hydrogen-bond donors (Lipinski definition) is 1. The molecule has 0 saturated heterocycles. The van der Waals surface area contributed by atoms with Crippen molar-refractivity contribution in [2.75, 3.05) is 5.32 Å².